The van der Waals surface area contributed by atoms with Gasteiger partial charge in [-0.1, -0.05) is 51.1 Å². The Morgan fingerprint density at radius 1 is 1.21 bits per heavy atom. The highest BCUT2D eigenvalue weighted by atomic mass is 16.3. The minimum absolute atomic E-state index is 0.0206. The van der Waals surface area contributed by atoms with Gasteiger partial charge in [0.2, 0.25) is 5.91 Å². The first kappa shape index (κ1) is 15.8. The molecule has 24 heavy (non-hydrogen) atoms. The Kier molecular flexibility index (Phi) is 3.40. The van der Waals surface area contributed by atoms with Gasteiger partial charge < -0.3 is 10.4 Å². The van der Waals surface area contributed by atoms with Crippen LogP contribution in [0.1, 0.15) is 45.1 Å². The molecule has 3 aliphatic rings. The highest BCUT2D eigenvalue weighted by Crippen LogP contribution is 2.64. The Balaban J connectivity index is 1.73. The van der Waals surface area contributed by atoms with E-state index < -0.39 is 12.1 Å². The van der Waals surface area contributed by atoms with Crippen molar-refractivity contribution >= 4 is 11.6 Å². The van der Waals surface area contributed by atoms with E-state index in [0.29, 0.717) is 6.54 Å². The normalized spacial score (nSPS) is 41.8. The first-order valence-corrected chi connectivity index (χ1v) is 8.95. The molecule has 2 aliphatic carbocycles. The van der Waals surface area contributed by atoms with Crippen molar-refractivity contribution in [2.24, 2.45) is 21.7 Å². The second-order valence-electron chi connectivity index (χ2n) is 8.37. The predicted octanol–water partition coefficient (Wildman–Crippen LogP) is 2.53. The van der Waals surface area contributed by atoms with Gasteiger partial charge in [0.25, 0.3) is 0 Å². The van der Waals surface area contributed by atoms with Gasteiger partial charge in [0.15, 0.2) is 0 Å². The summed E-state index contributed by atoms with van der Waals surface area (Å²) in [5, 5.41) is 13.8. The SMILES string of the molecule is CC1(C)[C@@H]2CC[C@@]1(C)C(=N[C@@H]1C(=O)NC[C@@H]1c1ccccc1)[C@@H]2O. The third-order valence-electron chi connectivity index (χ3n) is 7.18. The molecule has 128 valence electrons. The molecule has 1 aromatic carbocycles. The number of carbonyl (C=O) groups is 1. The lowest BCUT2D eigenvalue weighted by Crippen LogP contribution is -2.38. The number of hydrogen-bond acceptors (Lipinski definition) is 3. The summed E-state index contributed by atoms with van der Waals surface area (Å²) in [4.78, 5) is 17.3. The van der Waals surface area contributed by atoms with Crippen molar-refractivity contribution in [1.29, 1.82) is 0 Å². The summed E-state index contributed by atoms with van der Waals surface area (Å²) in [7, 11) is 0. The number of aliphatic imine (C=N–C) groups is 1. The average molecular weight is 326 g/mol. The van der Waals surface area contributed by atoms with Crippen LogP contribution in [-0.4, -0.2) is 35.4 Å². The average Bonchev–Trinajstić information content (AvgIpc) is 3.07. The number of benzene rings is 1. The van der Waals surface area contributed by atoms with Gasteiger partial charge in [0.05, 0.1) is 6.10 Å². The maximum Gasteiger partial charge on any atom is 0.245 e. The molecule has 2 saturated carbocycles. The number of hydrogen-bond donors (Lipinski definition) is 2. The molecule has 0 unspecified atom stereocenters. The van der Waals surface area contributed by atoms with Crippen LogP contribution in [-0.2, 0) is 4.79 Å². The zero-order valence-electron chi connectivity index (χ0n) is 14.6. The molecule has 1 aromatic rings. The summed E-state index contributed by atoms with van der Waals surface area (Å²) < 4.78 is 0. The molecule has 3 fully saturated rings. The van der Waals surface area contributed by atoms with Gasteiger partial charge in [-0.25, -0.2) is 0 Å². The Bertz CT molecular complexity index is 697. The van der Waals surface area contributed by atoms with E-state index in [9.17, 15) is 9.90 Å². The first-order chi connectivity index (χ1) is 11.4. The summed E-state index contributed by atoms with van der Waals surface area (Å²) in [6, 6.07) is 9.67. The van der Waals surface area contributed by atoms with E-state index in [0.717, 1.165) is 24.1 Å². The fourth-order valence-electron chi connectivity index (χ4n) is 5.19. The van der Waals surface area contributed by atoms with Crippen LogP contribution < -0.4 is 5.32 Å². The number of fused-ring (bicyclic) bond motifs is 2. The third-order valence-corrected chi connectivity index (χ3v) is 7.18. The topological polar surface area (TPSA) is 61.7 Å². The van der Waals surface area contributed by atoms with Crippen molar-refractivity contribution in [3.8, 4) is 0 Å². The van der Waals surface area contributed by atoms with E-state index in [-0.39, 0.29) is 28.6 Å². The molecule has 2 bridgehead atoms. The number of nitrogens with zero attached hydrogens (tertiary/aromatic N) is 1. The molecule has 4 heteroatoms. The lowest BCUT2D eigenvalue weighted by molar-refractivity contribution is -0.120. The second-order valence-corrected chi connectivity index (χ2v) is 8.37. The van der Waals surface area contributed by atoms with E-state index in [2.05, 4.69) is 38.2 Å². The summed E-state index contributed by atoms with van der Waals surface area (Å²) in [6.45, 7) is 7.30. The molecule has 4 rings (SSSR count). The molecule has 0 radical (unpaired) electrons. The molecule has 5 atom stereocenters. The van der Waals surface area contributed by atoms with Crippen LogP contribution in [0.15, 0.2) is 35.3 Å². The number of rotatable bonds is 2. The van der Waals surface area contributed by atoms with Gasteiger partial charge >= 0.3 is 0 Å². The second kappa shape index (κ2) is 5.16. The van der Waals surface area contributed by atoms with Crippen LogP contribution in [0, 0.1) is 16.7 Å². The summed E-state index contributed by atoms with van der Waals surface area (Å²) in [6.07, 6.45) is 1.58. The summed E-state index contributed by atoms with van der Waals surface area (Å²) in [5.74, 6) is 0.276. The molecular weight excluding hydrogens is 300 g/mol. The van der Waals surface area contributed by atoms with E-state index in [1.807, 2.05) is 18.2 Å². The van der Waals surface area contributed by atoms with Crippen molar-refractivity contribution in [2.75, 3.05) is 6.54 Å². The molecule has 2 N–H and O–H groups in total. The molecule has 1 aliphatic heterocycles. The number of aliphatic hydroxyl groups excluding tert-OH is 1. The van der Waals surface area contributed by atoms with Gasteiger partial charge in [-0.05, 0) is 29.7 Å². The molecule has 4 nitrogen and oxygen atoms in total. The summed E-state index contributed by atoms with van der Waals surface area (Å²) in [5.41, 5.74) is 1.91. The molecule has 1 amide bonds. The quantitative estimate of drug-likeness (QED) is 0.877. The van der Waals surface area contributed by atoms with Crippen LogP contribution >= 0.6 is 0 Å². The molecule has 0 spiro atoms. The first-order valence-electron chi connectivity index (χ1n) is 8.95. The largest absolute Gasteiger partial charge is 0.387 e. The van der Waals surface area contributed by atoms with Gasteiger partial charge in [0.1, 0.15) is 6.04 Å². The highest BCUT2D eigenvalue weighted by Gasteiger charge is 2.64. The maximum atomic E-state index is 12.4. The summed E-state index contributed by atoms with van der Waals surface area (Å²) >= 11 is 0. The number of aliphatic hydroxyl groups is 1. The van der Waals surface area contributed by atoms with E-state index in [4.69, 9.17) is 4.99 Å². The Labute approximate surface area is 143 Å². The van der Waals surface area contributed by atoms with Crippen LogP contribution in [0.2, 0.25) is 0 Å². The zero-order valence-corrected chi connectivity index (χ0v) is 14.6. The molecule has 0 aromatic heterocycles. The number of carbonyl (C=O) groups excluding carboxylic acids is 1. The van der Waals surface area contributed by atoms with Gasteiger partial charge in [0, 0.05) is 23.6 Å². The van der Waals surface area contributed by atoms with E-state index >= 15 is 0 Å². The smallest absolute Gasteiger partial charge is 0.245 e. The number of nitrogens with one attached hydrogen (secondary N) is 1. The van der Waals surface area contributed by atoms with Crippen molar-refractivity contribution in [2.45, 2.75) is 51.7 Å². The number of amides is 1. The van der Waals surface area contributed by atoms with Crippen molar-refractivity contribution in [3.63, 3.8) is 0 Å². The fourth-order valence-corrected chi connectivity index (χ4v) is 5.19. The van der Waals surface area contributed by atoms with Crippen molar-refractivity contribution in [3.05, 3.63) is 35.9 Å². The highest BCUT2D eigenvalue weighted by molar-refractivity contribution is 6.00. The van der Waals surface area contributed by atoms with Crippen molar-refractivity contribution in [1.82, 2.24) is 5.32 Å². The van der Waals surface area contributed by atoms with Gasteiger partial charge in [-0.2, -0.15) is 0 Å². The van der Waals surface area contributed by atoms with E-state index in [1.165, 1.54) is 0 Å². The van der Waals surface area contributed by atoms with Crippen molar-refractivity contribution < 1.29 is 9.90 Å². The standard InChI is InChI=1S/C20H26N2O2/c1-19(2)14-9-10-20(19,3)17(16(14)23)22-15-13(11-21-18(15)24)12-7-5-4-6-8-12/h4-8,13-16,23H,9-11H2,1-3H3,(H,21,24)/t13-,14-,15+,16-,20+/m1/s1. The fraction of sp³-hybridized carbons (Fsp3) is 0.600. The van der Waals surface area contributed by atoms with Gasteiger partial charge in [-0.15, -0.1) is 0 Å². The molecule has 1 saturated heterocycles. The van der Waals surface area contributed by atoms with E-state index in [1.54, 1.807) is 0 Å². The van der Waals surface area contributed by atoms with Gasteiger partial charge in [-0.3, -0.25) is 9.79 Å². The minimum atomic E-state index is -0.511. The Morgan fingerprint density at radius 3 is 2.54 bits per heavy atom. The Hall–Kier alpha value is -1.68. The Morgan fingerprint density at radius 2 is 1.92 bits per heavy atom. The minimum Gasteiger partial charge on any atom is -0.387 e. The molecule has 1 heterocycles. The van der Waals surface area contributed by atoms with Crippen LogP contribution in [0.4, 0.5) is 0 Å². The monoisotopic (exact) mass is 326 g/mol. The van der Waals surface area contributed by atoms with Crippen LogP contribution in [0.25, 0.3) is 0 Å². The predicted molar refractivity (Wildman–Crippen MR) is 94.0 cm³/mol. The molecular formula is C20H26N2O2. The lowest BCUT2D eigenvalue weighted by atomic mass is 9.70. The third kappa shape index (κ3) is 1.95. The lowest BCUT2D eigenvalue weighted by Gasteiger charge is -2.34. The zero-order chi connectivity index (χ0) is 17.1. The van der Waals surface area contributed by atoms with Crippen LogP contribution in [0.3, 0.4) is 0 Å². The maximum absolute atomic E-state index is 12.4. The van der Waals surface area contributed by atoms with Crippen LogP contribution in [0.5, 0.6) is 0 Å².